The van der Waals surface area contributed by atoms with Gasteiger partial charge in [0.15, 0.2) is 17.5 Å². The smallest absolute Gasteiger partial charge is 0.164 e. The van der Waals surface area contributed by atoms with E-state index >= 15 is 0 Å². The Morgan fingerprint density at radius 2 is 0.839 bits per heavy atom. The first-order valence-electron chi connectivity index (χ1n) is 20.8. The van der Waals surface area contributed by atoms with Gasteiger partial charge >= 0.3 is 0 Å². The van der Waals surface area contributed by atoms with Gasteiger partial charge in [-0.05, 0) is 63.2 Å². The Kier molecular flexibility index (Phi) is 8.65. The standard InChI is InChI=1S/C57H35N3OS/c1-3-14-36(15-4-1)37-30-32-38(33-31-37)44-23-11-26-48-52-49(27-13-28-50(52)61-53(44)48)57-59-55(39-16-5-2-6-17-39)58-56(60-57)43-21-10-19-41(35-43)40-18-9-20-42(34-40)45-24-12-25-47-46-22-7-8-29-51(46)62-54(45)47/h1-35H. The Bertz CT molecular complexity index is 3630. The summed E-state index contributed by atoms with van der Waals surface area (Å²) in [5.74, 6) is 1.80. The number of nitrogens with zero attached hydrogens (tertiary/aromatic N) is 3. The molecule has 0 amide bonds. The van der Waals surface area contributed by atoms with Crippen LogP contribution < -0.4 is 0 Å². The number of para-hydroxylation sites is 1. The van der Waals surface area contributed by atoms with Crippen molar-refractivity contribution in [3.63, 3.8) is 0 Å². The number of thiophene rings is 1. The van der Waals surface area contributed by atoms with Crippen LogP contribution in [0.3, 0.4) is 0 Å². The van der Waals surface area contributed by atoms with Gasteiger partial charge in [0, 0.05) is 53.2 Å². The molecule has 12 aromatic rings. The topological polar surface area (TPSA) is 51.8 Å². The molecule has 290 valence electrons. The van der Waals surface area contributed by atoms with E-state index in [0.717, 1.165) is 60.9 Å². The van der Waals surface area contributed by atoms with Gasteiger partial charge in [-0.2, -0.15) is 0 Å². The van der Waals surface area contributed by atoms with Gasteiger partial charge in [0.25, 0.3) is 0 Å². The van der Waals surface area contributed by atoms with E-state index in [1.807, 2.05) is 59.9 Å². The lowest BCUT2D eigenvalue weighted by Gasteiger charge is -2.11. The van der Waals surface area contributed by atoms with E-state index in [0.29, 0.717) is 17.5 Å². The first-order valence-corrected chi connectivity index (χ1v) is 21.6. The minimum absolute atomic E-state index is 0.587. The van der Waals surface area contributed by atoms with Crippen LogP contribution in [0.25, 0.3) is 121 Å². The van der Waals surface area contributed by atoms with E-state index in [9.17, 15) is 0 Å². The van der Waals surface area contributed by atoms with Crippen molar-refractivity contribution in [3.8, 4) is 78.7 Å². The molecule has 0 radical (unpaired) electrons. The highest BCUT2D eigenvalue weighted by molar-refractivity contribution is 7.26. The van der Waals surface area contributed by atoms with Crippen molar-refractivity contribution in [2.75, 3.05) is 0 Å². The molecule has 0 saturated heterocycles. The Morgan fingerprint density at radius 3 is 1.63 bits per heavy atom. The number of fused-ring (bicyclic) bond motifs is 6. The first-order chi connectivity index (χ1) is 30.7. The predicted octanol–water partition coefficient (Wildman–Crippen LogP) is 15.8. The van der Waals surface area contributed by atoms with Crippen LogP contribution in [0.4, 0.5) is 0 Å². The number of hydrogen-bond donors (Lipinski definition) is 0. The molecule has 4 nitrogen and oxygen atoms in total. The van der Waals surface area contributed by atoms with E-state index in [1.165, 1.54) is 42.4 Å². The van der Waals surface area contributed by atoms with Crippen LogP contribution in [0.15, 0.2) is 217 Å². The molecule has 3 heterocycles. The fraction of sp³-hybridized carbons (Fsp3) is 0. The van der Waals surface area contributed by atoms with Crippen LogP contribution in [-0.4, -0.2) is 15.0 Å². The summed E-state index contributed by atoms with van der Waals surface area (Å²) >= 11 is 1.86. The van der Waals surface area contributed by atoms with Crippen molar-refractivity contribution in [2.45, 2.75) is 0 Å². The molecule has 0 fully saturated rings. The zero-order chi connectivity index (χ0) is 41.0. The lowest BCUT2D eigenvalue weighted by atomic mass is 9.97. The number of rotatable bonds is 7. The van der Waals surface area contributed by atoms with E-state index in [1.54, 1.807) is 0 Å². The molecule has 3 aromatic heterocycles. The summed E-state index contributed by atoms with van der Waals surface area (Å²) in [4.78, 5) is 15.5. The molecule has 0 unspecified atom stereocenters. The lowest BCUT2D eigenvalue weighted by molar-refractivity contribution is 0.670. The molecule has 0 spiro atoms. The van der Waals surface area contributed by atoms with E-state index in [-0.39, 0.29) is 0 Å². The fourth-order valence-electron chi connectivity index (χ4n) is 8.75. The summed E-state index contributed by atoms with van der Waals surface area (Å²) in [6.07, 6.45) is 0. The molecule has 0 aliphatic carbocycles. The van der Waals surface area contributed by atoms with Crippen molar-refractivity contribution >= 4 is 53.4 Å². The van der Waals surface area contributed by atoms with Crippen molar-refractivity contribution in [1.29, 1.82) is 0 Å². The van der Waals surface area contributed by atoms with E-state index < -0.39 is 0 Å². The van der Waals surface area contributed by atoms with Crippen LogP contribution in [0.2, 0.25) is 0 Å². The van der Waals surface area contributed by atoms with Gasteiger partial charge in [-0.3, -0.25) is 0 Å². The molecule has 0 aliphatic heterocycles. The maximum Gasteiger partial charge on any atom is 0.164 e. The predicted molar refractivity (Wildman–Crippen MR) is 258 cm³/mol. The summed E-state index contributed by atoms with van der Waals surface area (Å²) in [5.41, 5.74) is 13.5. The Balaban J connectivity index is 0.964. The van der Waals surface area contributed by atoms with Gasteiger partial charge in [-0.1, -0.05) is 188 Å². The Morgan fingerprint density at radius 1 is 0.323 bits per heavy atom. The summed E-state index contributed by atoms with van der Waals surface area (Å²) < 4.78 is 9.33. The van der Waals surface area contributed by atoms with E-state index in [4.69, 9.17) is 19.4 Å². The highest BCUT2D eigenvalue weighted by Gasteiger charge is 2.20. The van der Waals surface area contributed by atoms with Crippen LogP contribution in [0.1, 0.15) is 0 Å². The largest absolute Gasteiger partial charge is 0.455 e. The molecular weight excluding hydrogens is 775 g/mol. The molecule has 0 saturated carbocycles. The maximum absolute atomic E-state index is 6.72. The molecule has 0 atom stereocenters. The molecule has 9 aromatic carbocycles. The van der Waals surface area contributed by atoms with Gasteiger partial charge < -0.3 is 4.42 Å². The summed E-state index contributed by atoms with van der Waals surface area (Å²) in [5, 5.41) is 4.58. The summed E-state index contributed by atoms with van der Waals surface area (Å²) in [6.45, 7) is 0. The van der Waals surface area contributed by atoms with Gasteiger partial charge in [-0.25, -0.2) is 15.0 Å². The second-order valence-corrected chi connectivity index (χ2v) is 16.6. The number of hydrogen-bond acceptors (Lipinski definition) is 5. The van der Waals surface area contributed by atoms with Gasteiger partial charge in [-0.15, -0.1) is 11.3 Å². The Hall–Kier alpha value is -7.99. The van der Waals surface area contributed by atoms with Crippen molar-refractivity contribution in [2.24, 2.45) is 0 Å². The fourth-order valence-corrected chi connectivity index (χ4v) is 9.99. The normalized spacial score (nSPS) is 11.5. The molecule has 12 rings (SSSR count). The monoisotopic (exact) mass is 809 g/mol. The van der Waals surface area contributed by atoms with Crippen LogP contribution in [0.5, 0.6) is 0 Å². The minimum atomic E-state index is 0.587. The summed E-state index contributed by atoms with van der Waals surface area (Å²) in [7, 11) is 0. The zero-order valence-electron chi connectivity index (χ0n) is 33.4. The zero-order valence-corrected chi connectivity index (χ0v) is 34.2. The van der Waals surface area contributed by atoms with Crippen molar-refractivity contribution in [1.82, 2.24) is 15.0 Å². The third-order valence-electron chi connectivity index (χ3n) is 11.8. The maximum atomic E-state index is 6.72. The highest BCUT2D eigenvalue weighted by atomic mass is 32.1. The number of furan rings is 1. The molecule has 0 bridgehead atoms. The molecule has 0 aliphatic rings. The second-order valence-electron chi connectivity index (χ2n) is 15.5. The van der Waals surface area contributed by atoms with Gasteiger partial charge in [0.2, 0.25) is 0 Å². The van der Waals surface area contributed by atoms with Gasteiger partial charge in [0.1, 0.15) is 11.2 Å². The van der Waals surface area contributed by atoms with Gasteiger partial charge in [0.05, 0.1) is 0 Å². The number of benzene rings is 9. The van der Waals surface area contributed by atoms with Crippen LogP contribution in [0, 0.1) is 0 Å². The summed E-state index contributed by atoms with van der Waals surface area (Å²) in [6, 6.07) is 74.5. The lowest BCUT2D eigenvalue weighted by Crippen LogP contribution is -2.00. The second kappa shape index (κ2) is 14.9. The Labute approximate surface area is 362 Å². The van der Waals surface area contributed by atoms with Crippen LogP contribution >= 0.6 is 11.3 Å². The molecule has 0 N–H and O–H groups in total. The SMILES string of the molecule is c1ccc(-c2ccc(-c3cccc4c3oc3cccc(-c5nc(-c6ccccc6)nc(-c6cccc(-c7cccc(-c8cccc9c8sc8ccccc89)c7)c6)n5)c34)cc2)cc1. The van der Waals surface area contributed by atoms with Crippen molar-refractivity contribution in [3.05, 3.63) is 212 Å². The third kappa shape index (κ3) is 6.26. The molecular formula is C57H35N3OS. The molecule has 5 heteroatoms. The molecule has 62 heavy (non-hydrogen) atoms. The quantitative estimate of drug-likeness (QED) is 0.161. The van der Waals surface area contributed by atoms with Crippen LogP contribution in [-0.2, 0) is 0 Å². The van der Waals surface area contributed by atoms with E-state index in [2.05, 4.69) is 164 Å². The average molecular weight is 810 g/mol. The first kappa shape index (κ1) is 35.9. The highest BCUT2D eigenvalue weighted by Crippen LogP contribution is 2.42. The third-order valence-corrected chi connectivity index (χ3v) is 13.0. The minimum Gasteiger partial charge on any atom is -0.455 e. The van der Waals surface area contributed by atoms with Crippen molar-refractivity contribution < 1.29 is 4.42 Å². The number of aromatic nitrogens is 3. The average Bonchev–Trinajstić information content (AvgIpc) is 3.94.